The predicted molar refractivity (Wildman–Crippen MR) is 89.1 cm³/mol. The van der Waals surface area contributed by atoms with Crippen molar-refractivity contribution in [3.05, 3.63) is 0 Å². The van der Waals surface area contributed by atoms with Crippen molar-refractivity contribution in [1.29, 1.82) is 0 Å². The number of nitrogens with one attached hydrogen (secondary N) is 1. The summed E-state index contributed by atoms with van der Waals surface area (Å²) >= 11 is 0. The van der Waals surface area contributed by atoms with Gasteiger partial charge in [0.15, 0.2) is 0 Å². The van der Waals surface area contributed by atoms with Gasteiger partial charge in [-0.25, -0.2) is 0 Å². The average molecular weight is 297 g/mol. The van der Waals surface area contributed by atoms with Crippen LogP contribution in [0.3, 0.4) is 0 Å². The zero-order valence-corrected chi connectivity index (χ0v) is 14.6. The number of carbonyl (C=O) groups excluding carboxylic acids is 1. The summed E-state index contributed by atoms with van der Waals surface area (Å²) in [5, 5.41) is 2.76. The minimum Gasteiger partial charge on any atom is -0.358 e. The molecular weight excluding hydrogens is 262 g/mol. The molecule has 0 aromatic rings. The van der Waals surface area contributed by atoms with Gasteiger partial charge in [-0.2, -0.15) is 0 Å². The Kier molecular flexibility index (Phi) is 7.14. The molecule has 0 heterocycles. The molecule has 1 amide bonds. The maximum absolute atomic E-state index is 11.8. The Bertz CT molecular complexity index is 324. The number of rotatable bonds is 6. The van der Waals surface area contributed by atoms with Gasteiger partial charge in [0.1, 0.15) is 0 Å². The van der Waals surface area contributed by atoms with E-state index >= 15 is 0 Å². The largest absolute Gasteiger partial charge is 0.358 e. The van der Waals surface area contributed by atoms with Crippen molar-refractivity contribution in [2.75, 3.05) is 26.7 Å². The molecule has 124 valence electrons. The van der Waals surface area contributed by atoms with E-state index in [9.17, 15) is 4.79 Å². The van der Waals surface area contributed by atoms with E-state index in [1.54, 1.807) is 7.05 Å². The highest BCUT2D eigenvalue weighted by atomic mass is 16.1. The second kappa shape index (κ2) is 8.14. The van der Waals surface area contributed by atoms with Crippen molar-refractivity contribution in [3.63, 3.8) is 0 Å². The topological polar surface area (TPSA) is 58.4 Å². The lowest BCUT2D eigenvalue weighted by atomic mass is 9.67. The smallest absolute Gasteiger partial charge is 0.233 e. The molecule has 1 rings (SSSR count). The van der Waals surface area contributed by atoms with Crippen LogP contribution in [0.5, 0.6) is 0 Å². The van der Waals surface area contributed by atoms with Crippen molar-refractivity contribution >= 4 is 5.91 Å². The first-order valence-corrected chi connectivity index (χ1v) is 8.48. The molecule has 1 saturated carbocycles. The van der Waals surface area contributed by atoms with Gasteiger partial charge in [0.25, 0.3) is 0 Å². The van der Waals surface area contributed by atoms with Crippen LogP contribution in [0, 0.1) is 17.3 Å². The van der Waals surface area contributed by atoms with Crippen molar-refractivity contribution in [1.82, 2.24) is 10.2 Å². The number of nitrogens with two attached hydrogens (primary N) is 1. The fraction of sp³-hybridized carbons (Fsp3) is 0.941. The fourth-order valence-corrected chi connectivity index (χ4v) is 3.63. The minimum atomic E-state index is 0.108. The lowest BCUT2D eigenvalue weighted by molar-refractivity contribution is -0.123. The van der Waals surface area contributed by atoms with Crippen LogP contribution in [0.1, 0.15) is 53.4 Å². The summed E-state index contributed by atoms with van der Waals surface area (Å²) in [7, 11) is 1.71. The standard InChI is InChI=1S/C17H35N3O/c1-6-9-20(12-16(21)19-5)15-10-14(17(2,3)4)8-7-13(15)11-18/h13-15H,6-12,18H2,1-5H3,(H,19,21). The molecule has 21 heavy (non-hydrogen) atoms. The van der Waals surface area contributed by atoms with E-state index < -0.39 is 0 Å². The molecule has 0 aromatic carbocycles. The average Bonchev–Trinajstić information content (AvgIpc) is 2.44. The van der Waals surface area contributed by atoms with E-state index in [4.69, 9.17) is 5.73 Å². The molecule has 4 nitrogen and oxygen atoms in total. The Balaban J connectivity index is 2.85. The van der Waals surface area contributed by atoms with Crippen LogP contribution in [0.2, 0.25) is 0 Å². The Hall–Kier alpha value is -0.610. The molecule has 4 heteroatoms. The van der Waals surface area contributed by atoms with Crippen molar-refractivity contribution in [3.8, 4) is 0 Å². The van der Waals surface area contributed by atoms with Gasteiger partial charge < -0.3 is 11.1 Å². The van der Waals surface area contributed by atoms with E-state index in [0.717, 1.165) is 19.5 Å². The molecule has 1 fully saturated rings. The van der Waals surface area contributed by atoms with E-state index in [-0.39, 0.29) is 5.91 Å². The van der Waals surface area contributed by atoms with Gasteiger partial charge in [-0.05, 0) is 56.0 Å². The van der Waals surface area contributed by atoms with Gasteiger partial charge in [-0.1, -0.05) is 27.7 Å². The summed E-state index contributed by atoms with van der Waals surface area (Å²) in [6, 6.07) is 0.449. The molecule has 1 aliphatic rings. The second-order valence-corrected chi connectivity index (χ2v) is 7.58. The predicted octanol–water partition coefficient (Wildman–Crippen LogP) is 2.23. The Labute approximate surface area is 130 Å². The van der Waals surface area contributed by atoms with E-state index in [1.165, 1.54) is 19.3 Å². The molecule has 3 atom stereocenters. The molecule has 0 aliphatic heterocycles. The summed E-state index contributed by atoms with van der Waals surface area (Å²) in [6.07, 6.45) is 4.70. The van der Waals surface area contributed by atoms with E-state index in [1.807, 2.05) is 0 Å². The molecule has 1 aliphatic carbocycles. The van der Waals surface area contributed by atoms with Gasteiger partial charge in [0, 0.05) is 13.1 Å². The lowest BCUT2D eigenvalue weighted by Gasteiger charge is -2.46. The summed E-state index contributed by atoms with van der Waals surface area (Å²) < 4.78 is 0. The summed E-state index contributed by atoms with van der Waals surface area (Å²) in [5.74, 6) is 1.35. The molecule has 3 N–H and O–H groups in total. The van der Waals surface area contributed by atoms with Crippen molar-refractivity contribution < 1.29 is 4.79 Å². The number of hydrogen-bond donors (Lipinski definition) is 2. The molecule has 3 unspecified atom stereocenters. The van der Waals surface area contributed by atoms with Crippen LogP contribution in [0.4, 0.5) is 0 Å². The lowest BCUT2D eigenvalue weighted by Crippen LogP contribution is -2.51. The zero-order chi connectivity index (χ0) is 16.0. The molecule has 0 aromatic heterocycles. The van der Waals surface area contributed by atoms with Gasteiger partial charge >= 0.3 is 0 Å². The normalized spacial score (nSPS) is 26.9. The van der Waals surface area contributed by atoms with Crippen LogP contribution in [-0.2, 0) is 4.79 Å². The highest BCUT2D eigenvalue weighted by Crippen LogP contribution is 2.41. The SMILES string of the molecule is CCCN(CC(=O)NC)C1CC(C(C)(C)C)CCC1CN. The zero-order valence-electron chi connectivity index (χ0n) is 14.6. The molecule has 0 radical (unpaired) electrons. The van der Waals surface area contributed by atoms with Crippen LogP contribution in [0.15, 0.2) is 0 Å². The van der Waals surface area contributed by atoms with Crippen LogP contribution in [0.25, 0.3) is 0 Å². The van der Waals surface area contributed by atoms with Crippen molar-refractivity contribution in [2.45, 2.75) is 59.4 Å². The Morgan fingerprint density at radius 1 is 1.33 bits per heavy atom. The maximum atomic E-state index is 11.8. The van der Waals surface area contributed by atoms with E-state index in [0.29, 0.717) is 29.8 Å². The summed E-state index contributed by atoms with van der Waals surface area (Å²) in [6.45, 7) is 11.4. The molecule has 0 spiro atoms. The highest BCUT2D eigenvalue weighted by molar-refractivity contribution is 5.77. The van der Waals surface area contributed by atoms with Gasteiger partial charge in [-0.3, -0.25) is 9.69 Å². The number of likely N-dealkylation sites (N-methyl/N-ethyl adjacent to an activating group) is 1. The quantitative estimate of drug-likeness (QED) is 0.790. The first kappa shape index (κ1) is 18.4. The third-order valence-corrected chi connectivity index (χ3v) is 5.09. The molecular formula is C17H35N3O. The minimum absolute atomic E-state index is 0.108. The third kappa shape index (κ3) is 5.26. The first-order valence-electron chi connectivity index (χ1n) is 8.48. The Morgan fingerprint density at radius 2 is 2.00 bits per heavy atom. The number of nitrogens with zero attached hydrogens (tertiary/aromatic N) is 1. The number of amides is 1. The van der Waals surface area contributed by atoms with Crippen LogP contribution in [-0.4, -0.2) is 43.5 Å². The van der Waals surface area contributed by atoms with E-state index in [2.05, 4.69) is 37.9 Å². The summed E-state index contributed by atoms with van der Waals surface area (Å²) in [5.41, 5.74) is 6.35. The summed E-state index contributed by atoms with van der Waals surface area (Å²) in [4.78, 5) is 14.2. The van der Waals surface area contributed by atoms with Crippen molar-refractivity contribution in [2.24, 2.45) is 23.0 Å². The molecule has 0 bridgehead atoms. The number of carbonyl (C=O) groups is 1. The number of hydrogen-bond acceptors (Lipinski definition) is 3. The first-order chi connectivity index (χ1) is 9.83. The van der Waals surface area contributed by atoms with Gasteiger partial charge in [0.05, 0.1) is 6.54 Å². The van der Waals surface area contributed by atoms with Crippen LogP contribution < -0.4 is 11.1 Å². The van der Waals surface area contributed by atoms with Gasteiger partial charge in [-0.15, -0.1) is 0 Å². The fourth-order valence-electron chi connectivity index (χ4n) is 3.63. The monoisotopic (exact) mass is 297 g/mol. The molecule has 0 saturated heterocycles. The van der Waals surface area contributed by atoms with Gasteiger partial charge in [0.2, 0.25) is 5.91 Å². The maximum Gasteiger partial charge on any atom is 0.233 e. The third-order valence-electron chi connectivity index (χ3n) is 5.09. The highest BCUT2D eigenvalue weighted by Gasteiger charge is 2.38. The van der Waals surface area contributed by atoms with Crippen LogP contribution >= 0.6 is 0 Å². The second-order valence-electron chi connectivity index (χ2n) is 7.58. The Morgan fingerprint density at radius 3 is 2.48 bits per heavy atom.